The molecule has 0 saturated heterocycles. The summed E-state index contributed by atoms with van der Waals surface area (Å²) in [6, 6.07) is 10.1. The lowest BCUT2D eigenvalue weighted by molar-refractivity contribution is -0.117. The van der Waals surface area contributed by atoms with Gasteiger partial charge >= 0.3 is 0 Å². The van der Waals surface area contributed by atoms with Gasteiger partial charge in [0.2, 0.25) is 11.9 Å². The average Bonchev–Trinajstić information content (AvgIpc) is 3.00. The van der Waals surface area contributed by atoms with Crippen LogP contribution in [0.1, 0.15) is 18.9 Å². The maximum absolute atomic E-state index is 11.9. The average molecular weight is 255 g/mol. The number of imidazole rings is 1. The van der Waals surface area contributed by atoms with E-state index in [0.29, 0.717) is 11.9 Å². The second-order valence-corrected chi connectivity index (χ2v) is 5.17. The normalized spacial score (nSPS) is 21.1. The lowest BCUT2D eigenvalue weighted by Crippen LogP contribution is -2.18. The lowest BCUT2D eigenvalue weighted by atomic mass is 10.2. The molecule has 1 N–H and O–H groups in total. The SMILES string of the molecule is C[C@H]1C[C@H]1C(=O)Nc1nccn1Cc1ccccc1. The van der Waals surface area contributed by atoms with Crippen LogP contribution in [0.25, 0.3) is 0 Å². The molecular weight excluding hydrogens is 238 g/mol. The molecule has 2 aromatic rings. The molecule has 1 heterocycles. The van der Waals surface area contributed by atoms with Crippen LogP contribution in [0.3, 0.4) is 0 Å². The van der Waals surface area contributed by atoms with E-state index in [1.54, 1.807) is 6.20 Å². The standard InChI is InChI=1S/C15H17N3O/c1-11-9-13(11)14(19)17-15-16-7-8-18(15)10-12-5-3-2-4-6-12/h2-8,11,13H,9-10H2,1H3,(H,16,17,19)/t11-,13+/m0/s1. The molecule has 1 fully saturated rings. The van der Waals surface area contributed by atoms with Crippen molar-refractivity contribution in [3.8, 4) is 0 Å². The molecule has 0 unspecified atom stereocenters. The maximum Gasteiger partial charge on any atom is 0.230 e. The van der Waals surface area contributed by atoms with Crippen molar-refractivity contribution >= 4 is 11.9 Å². The predicted molar refractivity (Wildman–Crippen MR) is 73.7 cm³/mol. The van der Waals surface area contributed by atoms with Crippen LogP contribution in [0.2, 0.25) is 0 Å². The Morgan fingerprint density at radius 1 is 1.42 bits per heavy atom. The van der Waals surface area contributed by atoms with Crippen LogP contribution in [0.5, 0.6) is 0 Å². The number of carbonyl (C=O) groups is 1. The van der Waals surface area contributed by atoms with Crippen molar-refractivity contribution in [1.29, 1.82) is 0 Å². The number of carbonyl (C=O) groups excluding carboxylic acids is 1. The first-order chi connectivity index (χ1) is 9.24. The summed E-state index contributed by atoms with van der Waals surface area (Å²) in [5, 5.41) is 2.92. The van der Waals surface area contributed by atoms with Gasteiger partial charge in [-0.2, -0.15) is 0 Å². The zero-order chi connectivity index (χ0) is 13.2. The molecule has 1 aliphatic rings. The highest BCUT2D eigenvalue weighted by Gasteiger charge is 2.39. The van der Waals surface area contributed by atoms with Crippen LogP contribution in [0.4, 0.5) is 5.95 Å². The minimum absolute atomic E-state index is 0.0908. The fourth-order valence-electron chi connectivity index (χ4n) is 2.23. The van der Waals surface area contributed by atoms with Crippen molar-refractivity contribution < 1.29 is 4.79 Å². The summed E-state index contributed by atoms with van der Waals surface area (Å²) in [5.74, 6) is 1.40. The molecule has 3 rings (SSSR count). The summed E-state index contributed by atoms with van der Waals surface area (Å²) in [5.41, 5.74) is 1.19. The number of amides is 1. The molecule has 4 heteroatoms. The van der Waals surface area contributed by atoms with Gasteiger partial charge < -0.3 is 4.57 Å². The van der Waals surface area contributed by atoms with E-state index in [4.69, 9.17) is 0 Å². The number of benzene rings is 1. The van der Waals surface area contributed by atoms with Crippen molar-refractivity contribution in [2.24, 2.45) is 11.8 Å². The third kappa shape index (κ3) is 2.67. The van der Waals surface area contributed by atoms with Gasteiger partial charge in [0.15, 0.2) is 0 Å². The lowest BCUT2D eigenvalue weighted by Gasteiger charge is -2.08. The van der Waals surface area contributed by atoms with E-state index in [2.05, 4.69) is 29.4 Å². The molecule has 19 heavy (non-hydrogen) atoms. The monoisotopic (exact) mass is 255 g/mol. The van der Waals surface area contributed by atoms with E-state index in [9.17, 15) is 4.79 Å². The van der Waals surface area contributed by atoms with Crippen LogP contribution in [-0.2, 0) is 11.3 Å². The molecule has 1 saturated carbocycles. The van der Waals surface area contributed by atoms with E-state index in [1.165, 1.54) is 5.56 Å². The molecule has 1 aromatic heterocycles. The first-order valence-corrected chi connectivity index (χ1v) is 6.60. The van der Waals surface area contributed by atoms with Gasteiger partial charge in [0.1, 0.15) is 0 Å². The summed E-state index contributed by atoms with van der Waals surface area (Å²) < 4.78 is 1.96. The fourth-order valence-corrected chi connectivity index (χ4v) is 2.23. The number of hydrogen-bond donors (Lipinski definition) is 1. The van der Waals surface area contributed by atoms with E-state index < -0.39 is 0 Å². The Kier molecular flexibility index (Phi) is 3.07. The third-order valence-electron chi connectivity index (χ3n) is 3.59. The smallest absolute Gasteiger partial charge is 0.230 e. The second kappa shape index (κ2) is 4.88. The van der Waals surface area contributed by atoms with E-state index in [1.807, 2.05) is 29.0 Å². The Labute approximate surface area is 112 Å². The highest BCUT2D eigenvalue weighted by atomic mass is 16.2. The van der Waals surface area contributed by atoms with Gasteiger partial charge in [0, 0.05) is 18.3 Å². The van der Waals surface area contributed by atoms with Crippen LogP contribution in [0, 0.1) is 11.8 Å². The van der Waals surface area contributed by atoms with Crippen LogP contribution in [-0.4, -0.2) is 15.5 Å². The number of nitrogens with zero attached hydrogens (tertiary/aromatic N) is 2. The predicted octanol–water partition coefficient (Wildman–Crippen LogP) is 2.53. The zero-order valence-corrected chi connectivity index (χ0v) is 10.9. The Morgan fingerprint density at radius 2 is 2.16 bits per heavy atom. The van der Waals surface area contributed by atoms with E-state index >= 15 is 0 Å². The topological polar surface area (TPSA) is 46.9 Å². The molecule has 2 atom stereocenters. The number of hydrogen-bond acceptors (Lipinski definition) is 2. The Balaban J connectivity index is 1.70. The molecular formula is C15H17N3O. The van der Waals surface area contributed by atoms with Gasteiger partial charge in [-0.1, -0.05) is 37.3 Å². The van der Waals surface area contributed by atoms with Crippen LogP contribution >= 0.6 is 0 Å². The van der Waals surface area contributed by atoms with Crippen molar-refractivity contribution in [3.05, 3.63) is 48.3 Å². The second-order valence-electron chi connectivity index (χ2n) is 5.17. The first kappa shape index (κ1) is 12.0. The third-order valence-corrected chi connectivity index (χ3v) is 3.59. The molecule has 0 spiro atoms. The minimum Gasteiger partial charge on any atom is -0.313 e. The molecule has 4 nitrogen and oxygen atoms in total. The maximum atomic E-state index is 11.9. The van der Waals surface area contributed by atoms with Crippen LogP contribution < -0.4 is 5.32 Å². The first-order valence-electron chi connectivity index (χ1n) is 6.60. The van der Waals surface area contributed by atoms with Gasteiger partial charge in [-0.05, 0) is 17.9 Å². The Bertz CT molecular complexity index is 576. The highest BCUT2D eigenvalue weighted by Crippen LogP contribution is 2.38. The largest absolute Gasteiger partial charge is 0.313 e. The van der Waals surface area contributed by atoms with Gasteiger partial charge in [-0.3, -0.25) is 10.1 Å². The molecule has 1 aromatic carbocycles. The van der Waals surface area contributed by atoms with Gasteiger partial charge in [-0.25, -0.2) is 4.98 Å². The molecule has 98 valence electrons. The van der Waals surface area contributed by atoms with Gasteiger partial charge in [0.25, 0.3) is 0 Å². The van der Waals surface area contributed by atoms with Gasteiger partial charge in [0.05, 0.1) is 6.54 Å². The molecule has 0 radical (unpaired) electrons. The summed E-state index contributed by atoms with van der Waals surface area (Å²) in [6.07, 6.45) is 4.60. The molecule has 0 aliphatic heterocycles. The van der Waals surface area contributed by atoms with Crippen molar-refractivity contribution in [3.63, 3.8) is 0 Å². The number of nitrogens with one attached hydrogen (secondary N) is 1. The number of rotatable bonds is 4. The van der Waals surface area contributed by atoms with Crippen molar-refractivity contribution in [2.75, 3.05) is 5.32 Å². The summed E-state index contributed by atoms with van der Waals surface area (Å²) >= 11 is 0. The quantitative estimate of drug-likeness (QED) is 0.912. The summed E-state index contributed by atoms with van der Waals surface area (Å²) in [6.45, 7) is 2.82. The number of aromatic nitrogens is 2. The molecule has 1 amide bonds. The Morgan fingerprint density at radius 3 is 2.84 bits per heavy atom. The zero-order valence-electron chi connectivity index (χ0n) is 10.9. The van der Waals surface area contributed by atoms with Gasteiger partial charge in [-0.15, -0.1) is 0 Å². The van der Waals surface area contributed by atoms with E-state index in [0.717, 1.165) is 13.0 Å². The van der Waals surface area contributed by atoms with Crippen LogP contribution in [0.15, 0.2) is 42.7 Å². The summed E-state index contributed by atoms with van der Waals surface area (Å²) in [4.78, 5) is 16.1. The Hall–Kier alpha value is -2.10. The highest BCUT2D eigenvalue weighted by molar-refractivity contribution is 5.93. The van der Waals surface area contributed by atoms with Crippen molar-refractivity contribution in [1.82, 2.24) is 9.55 Å². The van der Waals surface area contributed by atoms with E-state index in [-0.39, 0.29) is 11.8 Å². The molecule has 0 bridgehead atoms. The number of anilines is 1. The molecule has 1 aliphatic carbocycles. The summed E-state index contributed by atoms with van der Waals surface area (Å²) in [7, 11) is 0. The van der Waals surface area contributed by atoms with Crippen molar-refractivity contribution in [2.45, 2.75) is 19.9 Å². The fraction of sp³-hybridized carbons (Fsp3) is 0.333. The minimum atomic E-state index is 0.0908.